The van der Waals surface area contributed by atoms with E-state index >= 15 is 0 Å². The van der Waals surface area contributed by atoms with Crippen molar-refractivity contribution in [1.82, 2.24) is 20.1 Å². The Morgan fingerprint density at radius 1 is 1.12 bits per heavy atom. The second kappa shape index (κ2) is 8.11. The van der Waals surface area contributed by atoms with Crippen LogP contribution >= 0.6 is 0 Å². The van der Waals surface area contributed by atoms with E-state index in [0.29, 0.717) is 30.2 Å². The second-order valence-corrected chi connectivity index (χ2v) is 5.64. The van der Waals surface area contributed by atoms with Crippen molar-refractivity contribution in [3.63, 3.8) is 0 Å². The molecule has 0 radical (unpaired) electrons. The van der Waals surface area contributed by atoms with E-state index in [4.69, 9.17) is 0 Å². The lowest BCUT2D eigenvalue weighted by atomic mass is 10.2. The first kappa shape index (κ1) is 17.4. The molecule has 0 aliphatic carbocycles. The fraction of sp³-hybridized carbons (Fsp3) is 0.167. The smallest absolute Gasteiger partial charge is 0.319 e. The number of carbonyl (C=O) groups is 1. The Hall–Kier alpha value is -3.42. The number of aryl methyl sites for hydroxylation is 1. The summed E-state index contributed by atoms with van der Waals surface area (Å²) in [4.78, 5) is 11.8. The number of amides is 2. The molecule has 0 bridgehead atoms. The highest BCUT2D eigenvalue weighted by Gasteiger charge is 2.04. The van der Waals surface area contributed by atoms with Crippen LogP contribution in [0.25, 0.3) is 5.82 Å². The normalized spacial score (nSPS) is 10.4. The van der Waals surface area contributed by atoms with Crippen molar-refractivity contribution in [1.29, 1.82) is 0 Å². The highest BCUT2D eigenvalue weighted by molar-refractivity contribution is 5.89. The van der Waals surface area contributed by atoms with Gasteiger partial charge in [-0.1, -0.05) is 6.07 Å². The number of aromatic nitrogens is 3. The highest BCUT2D eigenvalue weighted by Crippen LogP contribution is 2.13. The van der Waals surface area contributed by atoms with Crippen molar-refractivity contribution in [2.45, 2.75) is 6.92 Å². The van der Waals surface area contributed by atoms with E-state index in [9.17, 15) is 9.18 Å². The van der Waals surface area contributed by atoms with Crippen LogP contribution in [0.4, 0.5) is 20.7 Å². The number of benzene rings is 1. The standard InChI is InChI=1S/C18H19FN6O/c1-13-4-5-14(12-15(13)19)22-18(26)21-9-8-20-16-6-7-17(24-23-16)25-10-2-3-11-25/h2-7,10-12H,8-9H2,1H3,(H,20,23)(H2,21,22,26). The minimum absolute atomic E-state index is 0.355. The summed E-state index contributed by atoms with van der Waals surface area (Å²) in [6.45, 7) is 2.52. The molecule has 1 aromatic carbocycles. The molecule has 0 aliphatic rings. The average Bonchev–Trinajstić information content (AvgIpc) is 3.17. The van der Waals surface area contributed by atoms with Gasteiger partial charge in [0.25, 0.3) is 0 Å². The monoisotopic (exact) mass is 354 g/mol. The number of rotatable bonds is 6. The summed E-state index contributed by atoms with van der Waals surface area (Å²) >= 11 is 0. The van der Waals surface area contributed by atoms with Gasteiger partial charge in [0, 0.05) is 31.2 Å². The topological polar surface area (TPSA) is 83.9 Å². The maximum Gasteiger partial charge on any atom is 0.319 e. The molecule has 2 amide bonds. The number of nitrogens with zero attached hydrogens (tertiary/aromatic N) is 3. The fourth-order valence-corrected chi connectivity index (χ4v) is 2.26. The summed E-state index contributed by atoms with van der Waals surface area (Å²) in [6.07, 6.45) is 3.78. The minimum atomic E-state index is -0.399. The van der Waals surface area contributed by atoms with Crippen LogP contribution in [0.15, 0.2) is 54.9 Å². The molecule has 0 aliphatic heterocycles. The zero-order valence-electron chi connectivity index (χ0n) is 14.2. The third-order valence-electron chi connectivity index (χ3n) is 3.67. The van der Waals surface area contributed by atoms with Crippen LogP contribution in [0.1, 0.15) is 5.56 Å². The molecule has 3 aromatic rings. The maximum atomic E-state index is 13.4. The van der Waals surface area contributed by atoms with Crippen molar-refractivity contribution in [3.05, 3.63) is 66.2 Å². The largest absolute Gasteiger partial charge is 0.367 e. The summed E-state index contributed by atoms with van der Waals surface area (Å²) in [7, 11) is 0. The van der Waals surface area contributed by atoms with Crippen molar-refractivity contribution < 1.29 is 9.18 Å². The van der Waals surface area contributed by atoms with Gasteiger partial charge in [-0.15, -0.1) is 10.2 Å². The van der Waals surface area contributed by atoms with E-state index in [1.165, 1.54) is 6.07 Å². The Labute approximate surface area is 150 Å². The van der Waals surface area contributed by atoms with Crippen molar-refractivity contribution >= 4 is 17.5 Å². The molecular formula is C18H19FN6O. The number of nitrogens with one attached hydrogen (secondary N) is 3. The van der Waals surface area contributed by atoms with Crippen LogP contribution in [0, 0.1) is 12.7 Å². The molecule has 3 rings (SSSR count). The van der Waals surface area contributed by atoms with E-state index in [2.05, 4.69) is 26.1 Å². The van der Waals surface area contributed by atoms with Crippen LogP contribution in [-0.2, 0) is 0 Å². The van der Waals surface area contributed by atoms with Gasteiger partial charge in [0.2, 0.25) is 0 Å². The average molecular weight is 354 g/mol. The Balaban J connectivity index is 1.40. The minimum Gasteiger partial charge on any atom is -0.367 e. The van der Waals surface area contributed by atoms with E-state index in [1.807, 2.05) is 41.2 Å². The Morgan fingerprint density at radius 2 is 1.92 bits per heavy atom. The number of hydrogen-bond donors (Lipinski definition) is 3. The van der Waals surface area contributed by atoms with Gasteiger partial charge in [0.1, 0.15) is 11.6 Å². The van der Waals surface area contributed by atoms with Crippen LogP contribution < -0.4 is 16.0 Å². The Morgan fingerprint density at radius 3 is 2.62 bits per heavy atom. The quantitative estimate of drug-likeness (QED) is 0.594. The number of hydrogen-bond acceptors (Lipinski definition) is 4. The van der Waals surface area contributed by atoms with Gasteiger partial charge >= 0.3 is 6.03 Å². The predicted molar refractivity (Wildman–Crippen MR) is 98.0 cm³/mol. The zero-order chi connectivity index (χ0) is 18.4. The van der Waals surface area contributed by atoms with Crippen LogP contribution in [-0.4, -0.2) is 33.9 Å². The summed E-state index contributed by atoms with van der Waals surface area (Å²) in [5.74, 6) is 0.985. The van der Waals surface area contributed by atoms with E-state index in [-0.39, 0.29) is 5.82 Å². The van der Waals surface area contributed by atoms with Gasteiger partial charge in [-0.3, -0.25) is 0 Å². The molecule has 8 heteroatoms. The molecular weight excluding hydrogens is 335 g/mol. The fourth-order valence-electron chi connectivity index (χ4n) is 2.26. The highest BCUT2D eigenvalue weighted by atomic mass is 19.1. The first-order valence-corrected chi connectivity index (χ1v) is 8.14. The second-order valence-electron chi connectivity index (χ2n) is 5.64. The molecule has 0 saturated heterocycles. The van der Waals surface area contributed by atoms with Gasteiger partial charge in [-0.05, 0) is 48.9 Å². The van der Waals surface area contributed by atoms with E-state index in [0.717, 1.165) is 5.82 Å². The van der Waals surface area contributed by atoms with E-state index in [1.54, 1.807) is 19.1 Å². The molecule has 0 atom stereocenters. The molecule has 2 aromatic heterocycles. The third-order valence-corrected chi connectivity index (χ3v) is 3.67. The van der Waals surface area contributed by atoms with Gasteiger partial charge in [-0.25, -0.2) is 9.18 Å². The molecule has 0 saturated carbocycles. The number of anilines is 2. The van der Waals surface area contributed by atoms with Gasteiger partial charge in [-0.2, -0.15) is 0 Å². The summed E-state index contributed by atoms with van der Waals surface area (Å²) in [5.41, 5.74) is 0.939. The summed E-state index contributed by atoms with van der Waals surface area (Å²) in [5, 5.41) is 16.5. The maximum absolute atomic E-state index is 13.4. The van der Waals surface area contributed by atoms with Crippen molar-refractivity contribution in [3.8, 4) is 5.82 Å². The van der Waals surface area contributed by atoms with E-state index < -0.39 is 6.03 Å². The first-order valence-electron chi connectivity index (χ1n) is 8.14. The third kappa shape index (κ3) is 4.56. The Bertz CT molecular complexity index is 864. The molecule has 0 unspecified atom stereocenters. The van der Waals surface area contributed by atoms with Crippen molar-refractivity contribution in [2.24, 2.45) is 0 Å². The molecule has 3 N–H and O–H groups in total. The van der Waals surface area contributed by atoms with Gasteiger partial charge < -0.3 is 20.5 Å². The van der Waals surface area contributed by atoms with Gasteiger partial charge in [0.15, 0.2) is 5.82 Å². The first-order chi connectivity index (χ1) is 12.6. The lowest BCUT2D eigenvalue weighted by Gasteiger charge is -2.09. The number of urea groups is 1. The summed E-state index contributed by atoms with van der Waals surface area (Å²) < 4.78 is 15.3. The van der Waals surface area contributed by atoms with Crippen LogP contribution in [0.2, 0.25) is 0 Å². The predicted octanol–water partition coefficient (Wildman–Crippen LogP) is 2.95. The SMILES string of the molecule is Cc1ccc(NC(=O)NCCNc2ccc(-n3cccc3)nn2)cc1F. The molecule has 0 fully saturated rings. The molecule has 0 spiro atoms. The number of carbonyl (C=O) groups excluding carboxylic acids is 1. The summed E-state index contributed by atoms with van der Waals surface area (Å²) in [6, 6.07) is 11.6. The van der Waals surface area contributed by atoms with Crippen molar-refractivity contribution in [2.75, 3.05) is 23.7 Å². The number of halogens is 1. The van der Waals surface area contributed by atoms with Crippen LogP contribution in [0.3, 0.4) is 0 Å². The molecule has 7 nitrogen and oxygen atoms in total. The van der Waals surface area contributed by atoms with Crippen LogP contribution in [0.5, 0.6) is 0 Å². The molecule has 2 heterocycles. The Kier molecular flexibility index (Phi) is 5.43. The molecule has 134 valence electrons. The molecule has 26 heavy (non-hydrogen) atoms. The van der Waals surface area contributed by atoms with Gasteiger partial charge in [0.05, 0.1) is 0 Å². The lowest BCUT2D eigenvalue weighted by Crippen LogP contribution is -2.32. The lowest BCUT2D eigenvalue weighted by molar-refractivity contribution is 0.252. The zero-order valence-corrected chi connectivity index (χ0v) is 14.2.